The van der Waals surface area contributed by atoms with Crippen molar-refractivity contribution in [2.75, 3.05) is 11.2 Å². The van der Waals surface area contributed by atoms with Crippen LogP contribution in [0.25, 0.3) is 10.2 Å². The summed E-state index contributed by atoms with van der Waals surface area (Å²) in [5.41, 5.74) is 5.30. The van der Waals surface area contributed by atoms with Crippen LogP contribution >= 0.6 is 11.3 Å². The molecule has 4 rings (SSSR count). The van der Waals surface area contributed by atoms with Gasteiger partial charge in [-0.2, -0.15) is 0 Å². The SMILES string of the molecule is Cc1cc(C)c2nc(N(Cc3ccccc3)C(=O)c3ccc(CS(C)(=O)=O)cc3)sc2c1. The van der Waals surface area contributed by atoms with E-state index in [1.54, 1.807) is 29.2 Å². The van der Waals surface area contributed by atoms with E-state index in [1.165, 1.54) is 17.6 Å². The summed E-state index contributed by atoms with van der Waals surface area (Å²) in [6.45, 7) is 4.47. The Morgan fingerprint density at radius 3 is 2.31 bits per heavy atom. The highest BCUT2D eigenvalue weighted by Crippen LogP contribution is 2.33. The number of hydrogen-bond donors (Lipinski definition) is 0. The van der Waals surface area contributed by atoms with Gasteiger partial charge in [-0.1, -0.05) is 59.9 Å². The largest absolute Gasteiger partial charge is 0.279 e. The molecule has 0 bridgehead atoms. The predicted molar refractivity (Wildman–Crippen MR) is 131 cm³/mol. The number of sulfone groups is 1. The number of benzene rings is 3. The summed E-state index contributed by atoms with van der Waals surface area (Å²) in [4.78, 5) is 20.1. The first-order chi connectivity index (χ1) is 15.2. The fourth-order valence-electron chi connectivity index (χ4n) is 3.67. The minimum Gasteiger partial charge on any atom is -0.279 e. The quantitative estimate of drug-likeness (QED) is 0.388. The summed E-state index contributed by atoms with van der Waals surface area (Å²) in [5.74, 6) is -0.223. The smallest absolute Gasteiger partial charge is 0.260 e. The van der Waals surface area contributed by atoms with Crippen LogP contribution in [0.4, 0.5) is 5.13 Å². The van der Waals surface area contributed by atoms with Gasteiger partial charge in [-0.15, -0.1) is 0 Å². The van der Waals surface area contributed by atoms with Crippen molar-refractivity contribution < 1.29 is 13.2 Å². The maximum Gasteiger partial charge on any atom is 0.260 e. The Bertz CT molecular complexity index is 1380. The van der Waals surface area contributed by atoms with Crippen LogP contribution < -0.4 is 4.90 Å². The maximum absolute atomic E-state index is 13.5. The molecule has 7 heteroatoms. The minimum atomic E-state index is -3.14. The molecule has 1 amide bonds. The summed E-state index contributed by atoms with van der Waals surface area (Å²) in [7, 11) is -3.14. The molecule has 1 heterocycles. The number of carbonyl (C=O) groups excluding carboxylic acids is 1. The number of thiazole rings is 1. The third-order valence-corrected chi connectivity index (χ3v) is 6.99. The second-order valence-corrected chi connectivity index (χ2v) is 11.2. The summed E-state index contributed by atoms with van der Waals surface area (Å²) >= 11 is 1.50. The van der Waals surface area contributed by atoms with Crippen molar-refractivity contribution >= 4 is 42.4 Å². The van der Waals surface area contributed by atoms with E-state index in [0.29, 0.717) is 22.8 Å². The van der Waals surface area contributed by atoms with Gasteiger partial charge in [0.15, 0.2) is 15.0 Å². The highest BCUT2D eigenvalue weighted by Gasteiger charge is 2.22. The van der Waals surface area contributed by atoms with E-state index in [1.807, 2.05) is 37.3 Å². The van der Waals surface area contributed by atoms with Crippen molar-refractivity contribution in [2.24, 2.45) is 0 Å². The van der Waals surface area contributed by atoms with Gasteiger partial charge in [0.2, 0.25) is 0 Å². The molecule has 164 valence electrons. The first-order valence-corrected chi connectivity index (χ1v) is 13.1. The van der Waals surface area contributed by atoms with E-state index in [2.05, 4.69) is 19.1 Å². The van der Waals surface area contributed by atoms with Crippen molar-refractivity contribution in [3.8, 4) is 0 Å². The van der Waals surface area contributed by atoms with Crippen LogP contribution in [-0.4, -0.2) is 25.6 Å². The average Bonchev–Trinajstić information content (AvgIpc) is 3.16. The first-order valence-electron chi connectivity index (χ1n) is 10.2. The zero-order chi connectivity index (χ0) is 22.9. The lowest BCUT2D eigenvalue weighted by Crippen LogP contribution is -2.30. The van der Waals surface area contributed by atoms with Gasteiger partial charge in [0, 0.05) is 11.8 Å². The monoisotopic (exact) mass is 464 g/mol. The summed E-state index contributed by atoms with van der Waals surface area (Å²) < 4.78 is 24.2. The van der Waals surface area contributed by atoms with Crippen LogP contribution in [0.15, 0.2) is 66.7 Å². The third kappa shape index (κ3) is 5.06. The Morgan fingerprint density at radius 2 is 1.66 bits per heavy atom. The van der Waals surface area contributed by atoms with Crippen molar-refractivity contribution in [1.82, 2.24) is 4.98 Å². The Morgan fingerprint density at radius 1 is 0.969 bits per heavy atom. The van der Waals surface area contributed by atoms with Gasteiger partial charge in [0.25, 0.3) is 5.91 Å². The lowest BCUT2D eigenvalue weighted by molar-refractivity contribution is 0.0985. The van der Waals surface area contributed by atoms with Gasteiger partial charge < -0.3 is 0 Å². The number of anilines is 1. The molecule has 0 N–H and O–H groups in total. The minimum absolute atomic E-state index is 0.0499. The Kier molecular flexibility index (Phi) is 6.13. The van der Waals surface area contributed by atoms with E-state index in [9.17, 15) is 13.2 Å². The second kappa shape index (κ2) is 8.84. The van der Waals surface area contributed by atoms with E-state index in [4.69, 9.17) is 4.98 Å². The zero-order valence-corrected chi connectivity index (χ0v) is 19.8. The van der Waals surface area contributed by atoms with Gasteiger partial charge >= 0.3 is 0 Å². The maximum atomic E-state index is 13.5. The number of amides is 1. The number of aromatic nitrogens is 1. The van der Waals surface area contributed by atoms with Gasteiger partial charge in [-0.3, -0.25) is 9.69 Å². The first kappa shape index (κ1) is 22.2. The molecule has 0 atom stereocenters. The highest BCUT2D eigenvalue weighted by molar-refractivity contribution is 7.89. The molecule has 0 radical (unpaired) electrons. The molecular formula is C25H24N2O3S2. The molecule has 0 saturated heterocycles. The third-order valence-electron chi connectivity index (χ3n) is 5.11. The molecule has 32 heavy (non-hydrogen) atoms. The highest BCUT2D eigenvalue weighted by atomic mass is 32.2. The van der Waals surface area contributed by atoms with Crippen molar-refractivity contribution in [3.05, 3.63) is 94.5 Å². The number of rotatable bonds is 6. The van der Waals surface area contributed by atoms with Crippen LogP contribution in [0.3, 0.4) is 0 Å². The number of nitrogens with zero attached hydrogens (tertiary/aromatic N) is 2. The topological polar surface area (TPSA) is 67.3 Å². The molecule has 0 spiro atoms. The average molecular weight is 465 g/mol. The van der Waals surface area contributed by atoms with Crippen LogP contribution in [0.5, 0.6) is 0 Å². The van der Waals surface area contributed by atoms with E-state index < -0.39 is 9.84 Å². The molecule has 1 aromatic heterocycles. The van der Waals surface area contributed by atoms with Gasteiger partial charge in [-0.25, -0.2) is 13.4 Å². The second-order valence-electron chi connectivity index (χ2n) is 8.07. The molecule has 0 unspecified atom stereocenters. The molecule has 0 aliphatic heterocycles. The molecule has 3 aromatic carbocycles. The number of hydrogen-bond acceptors (Lipinski definition) is 5. The lowest BCUT2D eigenvalue weighted by atomic mass is 10.1. The number of aryl methyl sites for hydroxylation is 2. The van der Waals surface area contributed by atoms with Gasteiger partial charge in [-0.05, 0) is 54.3 Å². The summed E-state index contributed by atoms with van der Waals surface area (Å²) in [6.07, 6.45) is 1.20. The van der Waals surface area contributed by atoms with Gasteiger partial charge in [0.1, 0.15) is 0 Å². The van der Waals surface area contributed by atoms with E-state index in [0.717, 1.165) is 26.9 Å². The fraction of sp³-hybridized carbons (Fsp3) is 0.200. The van der Waals surface area contributed by atoms with Crippen LogP contribution in [0.1, 0.15) is 32.6 Å². The lowest BCUT2D eigenvalue weighted by Gasteiger charge is -2.20. The van der Waals surface area contributed by atoms with Crippen molar-refractivity contribution in [1.29, 1.82) is 0 Å². The van der Waals surface area contributed by atoms with E-state index >= 15 is 0 Å². The molecule has 0 saturated carbocycles. The Balaban J connectivity index is 1.72. The molecular weight excluding hydrogens is 440 g/mol. The van der Waals surface area contributed by atoms with Crippen LogP contribution in [0, 0.1) is 13.8 Å². The zero-order valence-electron chi connectivity index (χ0n) is 18.2. The molecule has 0 fully saturated rings. The normalized spacial score (nSPS) is 11.6. The Hall–Kier alpha value is -3.03. The fourth-order valence-corrected chi connectivity index (χ4v) is 5.61. The van der Waals surface area contributed by atoms with Gasteiger partial charge in [0.05, 0.1) is 22.5 Å². The molecule has 5 nitrogen and oxygen atoms in total. The molecule has 0 aliphatic rings. The van der Waals surface area contributed by atoms with Crippen molar-refractivity contribution in [2.45, 2.75) is 26.1 Å². The standard InChI is InChI=1S/C25H24N2O3S2/c1-17-13-18(2)23-22(14-17)31-25(26-23)27(15-19-7-5-4-6-8-19)24(28)21-11-9-20(10-12-21)16-32(3,29)30/h4-14H,15-16H2,1-3H3. The molecule has 0 aliphatic carbocycles. The summed E-state index contributed by atoms with van der Waals surface area (Å²) in [5, 5.41) is 0.641. The predicted octanol–water partition coefficient (Wildman–Crippen LogP) is 5.30. The van der Waals surface area contributed by atoms with Crippen LogP contribution in [0.2, 0.25) is 0 Å². The van der Waals surface area contributed by atoms with Crippen molar-refractivity contribution in [3.63, 3.8) is 0 Å². The summed E-state index contributed by atoms with van der Waals surface area (Å²) in [6, 6.07) is 20.8. The molecule has 4 aromatic rings. The Labute approximate surface area is 192 Å². The van der Waals surface area contributed by atoms with E-state index in [-0.39, 0.29) is 11.7 Å². The van der Waals surface area contributed by atoms with Crippen LogP contribution in [-0.2, 0) is 22.1 Å². The number of carbonyl (C=O) groups is 1. The number of fused-ring (bicyclic) bond motifs is 1.